The SMILES string of the molecule is CS(=O)(=O)NCc1cnc2n1CCN(Cc1cccs1)CC2.O=C(O)C(F)(F)F. The summed E-state index contributed by atoms with van der Waals surface area (Å²) in [5.74, 6) is -1.72. The van der Waals surface area contributed by atoms with E-state index in [9.17, 15) is 21.6 Å². The van der Waals surface area contributed by atoms with Gasteiger partial charge < -0.3 is 9.67 Å². The monoisotopic (exact) mass is 454 g/mol. The fraction of sp³-hybridized carbons (Fsp3) is 0.500. The third-order valence-electron chi connectivity index (χ3n) is 4.03. The van der Waals surface area contributed by atoms with E-state index in [2.05, 4.69) is 36.7 Å². The van der Waals surface area contributed by atoms with Crippen LogP contribution in [0.15, 0.2) is 23.7 Å². The highest BCUT2D eigenvalue weighted by atomic mass is 32.2. The van der Waals surface area contributed by atoms with E-state index in [1.807, 2.05) is 0 Å². The lowest BCUT2D eigenvalue weighted by Gasteiger charge is -2.18. The molecule has 0 aliphatic carbocycles. The van der Waals surface area contributed by atoms with Gasteiger partial charge in [0.1, 0.15) is 5.82 Å². The number of rotatable bonds is 5. The van der Waals surface area contributed by atoms with Gasteiger partial charge in [0.05, 0.1) is 18.5 Å². The van der Waals surface area contributed by atoms with Crippen LogP contribution in [0.2, 0.25) is 0 Å². The van der Waals surface area contributed by atoms with E-state index >= 15 is 0 Å². The Bertz CT molecular complexity index is 911. The van der Waals surface area contributed by atoms with Gasteiger partial charge in [-0.25, -0.2) is 22.9 Å². The third kappa shape index (κ3) is 7.76. The van der Waals surface area contributed by atoms with E-state index in [4.69, 9.17) is 9.90 Å². The molecule has 0 saturated heterocycles. The Morgan fingerprint density at radius 3 is 2.59 bits per heavy atom. The Labute approximate surface area is 170 Å². The number of nitrogens with one attached hydrogen (secondary N) is 1. The number of sulfonamides is 1. The summed E-state index contributed by atoms with van der Waals surface area (Å²) in [5.41, 5.74) is 0.929. The second-order valence-electron chi connectivity index (χ2n) is 6.32. The van der Waals surface area contributed by atoms with E-state index in [-0.39, 0.29) is 0 Å². The molecule has 0 bridgehead atoms. The molecule has 0 fully saturated rings. The molecule has 1 aliphatic heterocycles. The molecule has 2 aromatic heterocycles. The van der Waals surface area contributed by atoms with Gasteiger partial charge in [-0.3, -0.25) is 4.90 Å². The number of hydrogen-bond acceptors (Lipinski definition) is 6. The smallest absolute Gasteiger partial charge is 0.475 e. The molecule has 0 unspecified atom stereocenters. The average molecular weight is 454 g/mol. The molecule has 162 valence electrons. The molecule has 29 heavy (non-hydrogen) atoms. The van der Waals surface area contributed by atoms with Crippen LogP contribution < -0.4 is 4.72 Å². The molecule has 0 atom stereocenters. The first kappa shape index (κ1) is 23.3. The van der Waals surface area contributed by atoms with Crippen molar-refractivity contribution >= 4 is 27.3 Å². The second kappa shape index (κ2) is 9.69. The highest BCUT2D eigenvalue weighted by Gasteiger charge is 2.38. The summed E-state index contributed by atoms with van der Waals surface area (Å²) in [6.45, 7) is 4.05. The number of imidazole rings is 1. The molecular weight excluding hydrogens is 433 g/mol. The maximum Gasteiger partial charge on any atom is 0.490 e. The molecule has 8 nitrogen and oxygen atoms in total. The van der Waals surface area contributed by atoms with Crippen LogP contribution in [-0.2, 0) is 40.9 Å². The molecule has 0 amide bonds. The molecule has 2 N–H and O–H groups in total. The van der Waals surface area contributed by atoms with Gasteiger partial charge in [-0.2, -0.15) is 13.2 Å². The molecule has 0 radical (unpaired) electrons. The summed E-state index contributed by atoms with van der Waals surface area (Å²) in [6.07, 6.45) is -1.23. The fourth-order valence-corrected chi connectivity index (χ4v) is 3.82. The Hall–Kier alpha value is -1.96. The van der Waals surface area contributed by atoms with Gasteiger partial charge in [0, 0.05) is 43.7 Å². The second-order valence-corrected chi connectivity index (χ2v) is 9.18. The lowest BCUT2D eigenvalue weighted by atomic mass is 10.3. The number of halogens is 3. The number of thiophene rings is 1. The molecule has 0 spiro atoms. The maximum atomic E-state index is 11.2. The van der Waals surface area contributed by atoms with Gasteiger partial charge in [-0.05, 0) is 11.4 Å². The predicted octanol–water partition coefficient (Wildman–Crippen LogP) is 1.69. The number of nitrogens with zero attached hydrogens (tertiary/aromatic N) is 3. The molecule has 0 aromatic carbocycles. The van der Waals surface area contributed by atoms with Gasteiger partial charge in [-0.1, -0.05) is 6.07 Å². The topological polar surface area (TPSA) is 105 Å². The number of carboxylic acid groups (broad SMARTS) is 1. The van der Waals surface area contributed by atoms with Crippen molar-refractivity contribution in [1.82, 2.24) is 19.2 Å². The number of hydrogen-bond donors (Lipinski definition) is 2. The minimum absolute atomic E-state index is 0.302. The molecular formula is C16H21F3N4O4S2. The summed E-state index contributed by atoms with van der Waals surface area (Å²) in [5, 5.41) is 9.23. The third-order valence-corrected chi connectivity index (χ3v) is 5.56. The summed E-state index contributed by atoms with van der Waals surface area (Å²) < 4.78 is 58.9. The Morgan fingerprint density at radius 1 is 1.34 bits per heavy atom. The molecule has 2 aromatic rings. The molecule has 0 saturated carbocycles. The summed E-state index contributed by atoms with van der Waals surface area (Å²) in [6, 6.07) is 4.24. The van der Waals surface area contributed by atoms with Crippen LogP contribution in [0.25, 0.3) is 0 Å². The first-order chi connectivity index (χ1) is 13.5. The van der Waals surface area contributed by atoms with Crippen LogP contribution in [-0.4, -0.2) is 59.5 Å². The first-order valence-electron chi connectivity index (χ1n) is 8.48. The van der Waals surface area contributed by atoms with Gasteiger partial charge in [0.2, 0.25) is 10.0 Å². The Kier molecular flexibility index (Phi) is 7.80. The highest BCUT2D eigenvalue weighted by molar-refractivity contribution is 7.88. The average Bonchev–Trinajstić information content (AvgIpc) is 3.19. The molecule has 13 heteroatoms. The van der Waals surface area contributed by atoms with Crippen molar-refractivity contribution in [3.05, 3.63) is 40.1 Å². The van der Waals surface area contributed by atoms with Crippen molar-refractivity contribution < 1.29 is 31.5 Å². The number of fused-ring (bicyclic) bond motifs is 1. The predicted molar refractivity (Wildman–Crippen MR) is 101 cm³/mol. The van der Waals surface area contributed by atoms with Gasteiger partial charge in [0.25, 0.3) is 0 Å². The number of aromatic nitrogens is 2. The number of carboxylic acids is 1. The largest absolute Gasteiger partial charge is 0.490 e. The van der Waals surface area contributed by atoms with E-state index in [1.165, 1.54) is 11.1 Å². The summed E-state index contributed by atoms with van der Waals surface area (Å²) >= 11 is 1.78. The van der Waals surface area contributed by atoms with Crippen molar-refractivity contribution in [3.8, 4) is 0 Å². The molecule has 3 heterocycles. The minimum atomic E-state index is -5.08. The lowest BCUT2D eigenvalue weighted by molar-refractivity contribution is -0.192. The van der Waals surface area contributed by atoms with E-state index in [1.54, 1.807) is 17.5 Å². The van der Waals surface area contributed by atoms with E-state index in [0.29, 0.717) is 6.54 Å². The Balaban J connectivity index is 0.000000370. The zero-order chi connectivity index (χ0) is 21.7. The van der Waals surface area contributed by atoms with E-state index in [0.717, 1.165) is 44.1 Å². The normalized spacial score (nSPS) is 15.2. The summed E-state index contributed by atoms with van der Waals surface area (Å²) in [4.78, 5) is 17.1. The maximum absolute atomic E-state index is 11.2. The van der Waals surface area contributed by atoms with Crippen molar-refractivity contribution in [3.63, 3.8) is 0 Å². The van der Waals surface area contributed by atoms with Crippen LogP contribution in [0, 0.1) is 0 Å². The standard InChI is InChI=1S/C14H20N4O2S2.C2HF3O2/c1-22(19,20)16-10-12-9-15-14-4-5-17(6-7-18(12)14)11-13-3-2-8-21-13;3-2(4,5)1(6)7/h2-3,8-9,16H,4-7,10-11H2,1H3;(H,6,7). The zero-order valence-electron chi connectivity index (χ0n) is 15.5. The van der Waals surface area contributed by atoms with Crippen molar-refractivity contribution in [2.45, 2.75) is 32.2 Å². The zero-order valence-corrected chi connectivity index (χ0v) is 17.1. The van der Waals surface area contributed by atoms with Crippen LogP contribution in [0.5, 0.6) is 0 Å². The fourth-order valence-electron chi connectivity index (χ4n) is 2.66. The summed E-state index contributed by atoms with van der Waals surface area (Å²) in [7, 11) is -3.18. The van der Waals surface area contributed by atoms with Gasteiger partial charge >= 0.3 is 12.1 Å². The van der Waals surface area contributed by atoms with Crippen LogP contribution in [0.3, 0.4) is 0 Å². The number of alkyl halides is 3. The first-order valence-corrected chi connectivity index (χ1v) is 11.3. The Morgan fingerprint density at radius 2 is 2.03 bits per heavy atom. The lowest BCUT2D eigenvalue weighted by Crippen LogP contribution is -2.27. The number of carbonyl (C=O) groups is 1. The van der Waals surface area contributed by atoms with Crippen LogP contribution >= 0.6 is 11.3 Å². The van der Waals surface area contributed by atoms with Crippen molar-refractivity contribution in [2.75, 3.05) is 19.3 Å². The highest BCUT2D eigenvalue weighted by Crippen LogP contribution is 2.16. The number of aliphatic carboxylic acids is 1. The van der Waals surface area contributed by atoms with Crippen LogP contribution in [0.4, 0.5) is 13.2 Å². The van der Waals surface area contributed by atoms with Gasteiger partial charge in [-0.15, -0.1) is 11.3 Å². The molecule has 1 aliphatic rings. The van der Waals surface area contributed by atoms with Crippen LogP contribution in [0.1, 0.15) is 16.4 Å². The van der Waals surface area contributed by atoms with Crippen molar-refractivity contribution in [1.29, 1.82) is 0 Å². The minimum Gasteiger partial charge on any atom is -0.475 e. The molecule has 3 rings (SSSR count). The quantitative estimate of drug-likeness (QED) is 0.713. The van der Waals surface area contributed by atoms with Crippen molar-refractivity contribution in [2.24, 2.45) is 0 Å². The van der Waals surface area contributed by atoms with Gasteiger partial charge in [0.15, 0.2) is 0 Å². The van der Waals surface area contributed by atoms with E-state index < -0.39 is 22.2 Å².